The Labute approximate surface area is 161 Å². The van der Waals surface area contributed by atoms with Crippen LogP contribution in [0.3, 0.4) is 0 Å². The van der Waals surface area contributed by atoms with Gasteiger partial charge >= 0.3 is 0 Å². The molecule has 0 saturated carbocycles. The lowest BCUT2D eigenvalue weighted by molar-refractivity contribution is 0.831. The van der Waals surface area contributed by atoms with Gasteiger partial charge in [0.25, 0.3) is 0 Å². The van der Waals surface area contributed by atoms with E-state index in [1.165, 1.54) is 10.9 Å². The maximum atomic E-state index is 6.80. The van der Waals surface area contributed by atoms with E-state index in [0.29, 0.717) is 0 Å². The predicted molar refractivity (Wildman–Crippen MR) is 108 cm³/mol. The average molecular weight is 384 g/mol. The summed E-state index contributed by atoms with van der Waals surface area (Å²) in [5.41, 5.74) is 2.38. The fraction of sp³-hybridized carbons (Fsp3) is 0.0476. The average Bonchev–Trinajstić information content (AvgIpc) is 2.90. The third-order valence-electron chi connectivity index (χ3n) is 4.08. The highest BCUT2D eigenvalue weighted by atomic mass is 35.5. The topological polar surface area (TPSA) is 4.93 Å². The second-order valence-electron chi connectivity index (χ2n) is 5.76. The largest absolute Gasteiger partial charge is 0.326 e. The molecule has 0 fully saturated rings. The zero-order valence-electron chi connectivity index (χ0n) is 13.3. The van der Waals surface area contributed by atoms with Gasteiger partial charge in [-0.2, -0.15) is 0 Å². The van der Waals surface area contributed by atoms with Crippen LogP contribution in [0.25, 0.3) is 10.9 Å². The minimum atomic E-state index is 0.738. The molecule has 4 aromatic rings. The smallest absolute Gasteiger partial charge is 0.124 e. The van der Waals surface area contributed by atoms with E-state index in [0.717, 1.165) is 32.0 Å². The molecule has 0 bridgehead atoms. The van der Waals surface area contributed by atoms with Gasteiger partial charge in [-0.1, -0.05) is 83.5 Å². The van der Waals surface area contributed by atoms with E-state index in [2.05, 4.69) is 53.1 Å². The Morgan fingerprint density at radius 3 is 2.20 bits per heavy atom. The van der Waals surface area contributed by atoms with Gasteiger partial charge in [-0.05, 0) is 35.9 Å². The number of benzene rings is 3. The van der Waals surface area contributed by atoms with E-state index < -0.39 is 0 Å². The third kappa shape index (κ3) is 3.43. The van der Waals surface area contributed by atoms with Crippen molar-refractivity contribution in [1.82, 2.24) is 4.57 Å². The molecular formula is C21H15Cl2NS. The maximum absolute atomic E-state index is 6.80. The standard InChI is InChI=1S/C21H15Cl2NS/c22-16-10-12-17(13-11-16)25-20-18-8-4-5-9-19(18)24(21(20)23)14-15-6-2-1-3-7-15/h1-13H,14H2. The van der Waals surface area contributed by atoms with Crippen molar-refractivity contribution in [3.63, 3.8) is 0 Å². The molecule has 0 aliphatic rings. The van der Waals surface area contributed by atoms with E-state index >= 15 is 0 Å². The van der Waals surface area contributed by atoms with Gasteiger partial charge in [0.15, 0.2) is 0 Å². The van der Waals surface area contributed by atoms with Crippen molar-refractivity contribution >= 4 is 45.9 Å². The highest BCUT2D eigenvalue weighted by molar-refractivity contribution is 7.99. The molecule has 0 amide bonds. The van der Waals surface area contributed by atoms with Crippen LogP contribution in [0.5, 0.6) is 0 Å². The molecule has 0 radical (unpaired) electrons. The highest BCUT2D eigenvalue weighted by Crippen LogP contribution is 2.41. The minimum Gasteiger partial charge on any atom is -0.326 e. The zero-order chi connectivity index (χ0) is 17.2. The molecule has 124 valence electrons. The van der Waals surface area contributed by atoms with Crippen molar-refractivity contribution in [3.05, 3.63) is 94.6 Å². The van der Waals surface area contributed by atoms with Crippen molar-refractivity contribution in [2.45, 2.75) is 16.3 Å². The molecule has 0 aliphatic carbocycles. The molecule has 0 N–H and O–H groups in total. The minimum absolute atomic E-state index is 0.738. The van der Waals surface area contributed by atoms with Crippen LogP contribution < -0.4 is 0 Å². The Morgan fingerprint density at radius 2 is 1.44 bits per heavy atom. The summed E-state index contributed by atoms with van der Waals surface area (Å²) >= 11 is 14.5. The van der Waals surface area contributed by atoms with E-state index in [1.54, 1.807) is 11.8 Å². The summed E-state index contributed by atoms with van der Waals surface area (Å²) < 4.78 is 2.17. The van der Waals surface area contributed by atoms with Crippen molar-refractivity contribution in [1.29, 1.82) is 0 Å². The maximum Gasteiger partial charge on any atom is 0.124 e. The second-order valence-corrected chi connectivity index (χ2v) is 7.64. The van der Waals surface area contributed by atoms with Crippen LogP contribution in [0.15, 0.2) is 88.7 Å². The quantitative estimate of drug-likeness (QED) is 0.362. The molecule has 1 nitrogen and oxygen atoms in total. The Morgan fingerprint density at radius 1 is 0.760 bits per heavy atom. The monoisotopic (exact) mass is 383 g/mol. The molecule has 0 atom stereocenters. The van der Waals surface area contributed by atoms with Crippen molar-refractivity contribution in [3.8, 4) is 0 Å². The predicted octanol–water partition coefficient (Wildman–Crippen LogP) is 7.15. The number of hydrogen-bond acceptors (Lipinski definition) is 1. The molecule has 4 heteroatoms. The number of hydrogen-bond donors (Lipinski definition) is 0. The molecule has 0 spiro atoms. The highest BCUT2D eigenvalue weighted by Gasteiger charge is 2.16. The van der Waals surface area contributed by atoms with E-state index in [4.69, 9.17) is 23.2 Å². The molecule has 0 aliphatic heterocycles. The van der Waals surface area contributed by atoms with Gasteiger partial charge in [0.2, 0.25) is 0 Å². The lowest BCUT2D eigenvalue weighted by Crippen LogP contribution is -1.99. The van der Waals surface area contributed by atoms with Crippen LogP contribution >= 0.6 is 35.0 Å². The van der Waals surface area contributed by atoms with Gasteiger partial charge in [-0.25, -0.2) is 0 Å². The van der Waals surface area contributed by atoms with Crippen molar-refractivity contribution in [2.75, 3.05) is 0 Å². The number of fused-ring (bicyclic) bond motifs is 1. The van der Waals surface area contributed by atoms with Crippen LogP contribution in [0.1, 0.15) is 5.56 Å². The number of para-hydroxylation sites is 1. The van der Waals surface area contributed by atoms with E-state index in [9.17, 15) is 0 Å². The van der Waals surface area contributed by atoms with Gasteiger partial charge < -0.3 is 4.57 Å². The van der Waals surface area contributed by atoms with Gasteiger partial charge in [0.05, 0.1) is 10.4 Å². The Balaban J connectivity index is 1.79. The zero-order valence-corrected chi connectivity index (χ0v) is 15.7. The summed E-state index contributed by atoms with van der Waals surface area (Å²) in [4.78, 5) is 2.20. The Kier molecular flexibility index (Phi) is 4.76. The van der Waals surface area contributed by atoms with E-state index in [1.807, 2.05) is 30.3 Å². The normalized spacial score (nSPS) is 11.1. The molecule has 0 unspecified atom stereocenters. The van der Waals surface area contributed by atoms with Crippen molar-refractivity contribution < 1.29 is 0 Å². The van der Waals surface area contributed by atoms with Crippen molar-refractivity contribution in [2.24, 2.45) is 0 Å². The molecule has 4 rings (SSSR count). The first-order chi connectivity index (χ1) is 12.2. The first kappa shape index (κ1) is 16.6. The molecule has 1 heterocycles. The van der Waals surface area contributed by atoms with Crippen LogP contribution in [0.2, 0.25) is 10.2 Å². The fourth-order valence-electron chi connectivity index (χ4n) is 2.88. The SMILES string of the molecule is Clc1ccc(Sc2c(Cl)n(Cc3ccccc3)c3ccccc23)cc1. The second kappa shape index (κ2) is 7.17. The molecule has 1 aromatic heterocycles. The summed E-state index contributed by atoms with van der Waals surface area (Å²) in [7, 11) is 0. The van der Waals surface area contributed by atoms with Gasteiger partial charge in [-0.15, -0.1) is 0 Å². The number of halogens is 2. The third-order valence-corrected chi connectivity index (χ3v) is 5.96. The first-order valence-corrected chi connectivity index (χ1v) is 9.54. The summed E-state index contributed by atoms with van der Waals surface area (Å²) in [6.07, 6.45) is 0. The van der Waals surface area contributed by atoms with Gasteiger partial charge in [0, 0.05) is 21.8 Å². The molecule has 0 saturated heterocycles. The summed E-state index contributed by atoms with van der Waals surface area (Å²) in [5, 5.41) is 2.68. The van der Waals surface area contributed by atoms with Gasteiger partial charge in [-0.3, -0.25) is 0 Å². The fourth-order valence-corrected chi connectivity index (χ4v) is 4.36. The summed E-state index contributed by atoms with van der Waals surface area (Å²) in [6.45, 7) is 0.751. The van der Waals surface area contributed by atoms with Crippen LogP contribution in [-0.2, 0) is 6.54 Å². The van der Waals surface area contributed by atoms with Gasteiger partial charge in [0.1, 0.15) is 5.15 Å². The summed E-state index contributed by atoms with van der Waals surface area (Å²) in [5.74, 6) is 0. The Hall–Kier alpha value is -1.87. The molecular weight excluding hydrogens is 369 g/mol. The lowest BCUT2D eigenvalue weighted by Gasteiger charge is -2.07. The molecule has 3 aromatic carbocycles. The molecule has 25 heavy (non-hydrogen) atoms. The van der Waals surface area contributed by atoms with E-state index in [-0.39, 0.29) is 0 Å². The number of rotatable bonds is 4. The van der Waals surface area contributed by atoms with Crippen LogP contribution in [0, 0.1) is 0 Å². The first-order valence-electron chi connectivity index (χ1n) is 7.96. The van der Waals surface area contributed by atoms with Crippen LogP contribution in [-0.4, -0.2) is 4.57 Å². The van der Waals surface area contributed by atoms with Crippen LogP contribution in [0.4, 0.5) is 0 Å². The number of aromatic nitrogens is 1. The summed E-state index contributed by atoms with van der Waals surface area (Å²) in [6, 6.07) is 26.6. The Bertz CT molecular complexity index is 1010. The number of nitrogens with zero attached hydrogens (tertiary/aromatic N) is 1. The lowest BCUT2D eigenvalue weighted by atomic mass is 10.2.